The number of likely N-dealkylation sites (tertiary alicyclic amines) is 1. The zero-order valence-electron chi connectivity index (χ0n) is 11.5. The minimum absolute atomic E-state index is 0.0865. The molecule has 1 aromatic heterocycles. The van der Waals surface area contributed by atoms with E-state index >= 15 is 0 Å². The third-order valence-electron chi connectivity index (χ3n) is 3.32. The lowest BCUT2D eigenvalue weighted by molar-refractivity contribution is 0.0701. The van der Waals surface area contributed by atoms with E-state index in [1.807, 2.05) is 4.90 Å². The van der Waals surface area contributed by atoms with Crippen LogP contribution in [-0.4, -0.2) is 40.1 Å². The quantitative estimate of drug-likeness (QED) is 0.896. The Balaban J connectivity index is 1.89. The molecule has 0 atom stereocenters. The highest BCUT2D eigenvalue weighted by Crippen LogP contribution is 2.18. The molecule has 110 valence electrons. The second-order valence-electron chi connectivity index (χ2n) is 4.89. The Morgan fingerprint density at radius 1 is 1.30 bits per heavy atom. The summed E-state index contributed by atoms with van der Waals surface area (Å²) in [6.07, 6.45) is 4.45. The maximum Gasteiger partial charge on any atom is 0.347 e. The molecule has 0 unspecified atom stereocenters. The zero-order valence-corrected chi connectivity index (χ0v) is 12.3. The van der Waals surface area contributed by atoms with Crippen molar-refractivity contribution in [2.75, 3.05) is 13.1 Å². The van der Waals surface area contributed by atoms with Crippen molar-refractivity contribution < 1.29 is 14.7 Å². The zero-order chi connectivity index (χ0) is 14.5. The second-order valence-corrected chi connectivity index (χ2v) is 5.97. The molecule has 1 aliphatic rings. The van der Waals surface area contributed by atoms with E-state index in [1.165, 1.54) is 12.8 Å². The number of carbonyl (C=O) groups is 2. The molecule has 0 bridgehead atoms. The summed E-state index contributed by atoms with van der Waals surface area (Å²) in [6.45, 7) is 3.54. The van der Waals surface area contributed by atoms with Crippen molar-refractivity contribution in [1.29, 1.82) is 0 Å². The molecule has 1 aliphatic heterocycles. The fourth-order valence-corrected chi connectivity index (χ4v) is 3.11. The Kier molecular flexibility index (Phi) is 4.94. The standard InChI is InChI=1S/C13H19N3O3S/c1-9-11(12(17)18)20-10(15-9)8-14-13(19)16-6-4-2-3-5-7-16/h2-8H2,1H3,(H,14,19)(H,17,18). The molecular formula is C13H19N3O3S. The Morgan fingerprint density at radius 3 is 2.50 bits per heavy atom. The Bertz CT molecular complexity index is 493. The van der Waals surface area contributed by atoms with Gasteiger partial charge in [0.15, 0.2) is 0 Å². The maximum absolute atomic E-state index is 12.0. The summed E-state index contributed by atoms with van der Waals surface area (Å²) < 4.78 is 0. The van der Waals surface area contributed by atoms with Gasteiger partial charge in [0.1, 0.15) is 9.88 Å². The molecule has 2 heterocycles. The molecule has 2 N–H and O–H groups in total. The van der Waals surface area contributed by atoms with E-state index in [4.69, 9.17) is 5.11 Å². The number of hydrogen-bond acceptors (Lipinski definition) is 4. The third kappa shape index (κ3) is 3.69. The first kappa shape index (κ1) is 14.8. The van der Waals surface area contributed by atoms with Crippen LogP contribution in [0, 0.1) is 6.92 Å². The highest BCUT2D eigenvalue weighted by Gasteiger charge is 2.17. The Labute approximate surface area is 121 Å². The van der Waals surface area contributed by atoms with Gasteiger partial charge < -0.3 is 15.3 Å². The summed E-state index contributed by atoms with van der Waals surface area (Å²) in [5, 5.41) is 12.4. The van der Waals surface area contributed by atoms with Crippen LogP contribution in [0.5, 0.6) is 0 Å². The predicted octanol–water partition coefficient (Wildman–Crippen LogP) is 2.24. The van der Waals surface area contributed by atoms with Crippen LogP contribution in [0.2, 0.25) is 0 Å². The van der Waals surface area contributed by atoms with Crippen LogP contribution in [0.3, 0.4) is 0 Å². The normalized spacial score (nSPS) is 15.8. The number of nitrogens with one attached hydrogen (secondary N) is 1. The molecule has 2 rings (SSSR count). The summed E-state index contributed by atoms with van der Waals surface area (Å²) in [5.41, 5.74) is 0.501. The molecular weight excluding hydrogens is 278 g/mol. The van der Waals surface area contributed by atoms with Crippen LogP contribution in [0.25, 0.3) is 0 Å². The molecule has 0 spiro atoms. The van der Waals surface area contributed by atoms with Gasteiger partial charge in [0, 0.05) is 13.1 Å². The average Bonchev–Trinajstić information content (AvgIpc) is 2.64. The minimum atomic E-state index is -0.968. The van der Waals surface area contributed by atoms with Crippen LogP contribution >= 0.6 is 11.3 Å². The number of nitrogens with zero attached hydrogens (tertiary/aromatic N) is 2. The van der Waals surface area contributed by atoms with Gasteiger partial charge in [-0.25, -0.2) is 14.6 Å². The van der Waals surface area contributed by atoms with Crippen molar-refractivity contribution in [3.8, 4) is 0 Å². The van der Waals surface area contributed by atoms with Gasteiger partial charge in [-0.15, -0.1) is 11.3 Å². The van der Waals surface area contributed by atoms with E-state index in [-0.39, 0.29) is 17.5 Å². The third-order valence-corrected chi connectivity index (χ3v) is 4.46. The van der Waals surface area contributed by atoms with Crippen molar-refractivity contribution in [2.24, 2.45) is 0 Å². The lowest BCUT2D eigenvalue weighted by Crippen LogP contribution is -2.40. The van der Waals surface area contributed by atoms with E-state index in [2.05, 4.69) is 10.3 Å². The van der Waals surface area contributed by atoms with Crippen molar-refractivity contribution in [2.45, 2.75) is 39.2 Å². The number of thiazole rings is 1. The molecule has 20 heavy (non-hydrogen) atoms. The van der Waals surface area contributed by atoms with Crippen molar-refractivity contribution in [1.82, 2.24) is 15.2 Å². The van der Waals surface area contributed by atoms with Gasteiger partial charge in [-0.05, 0) is 19.8 Å². The van der Waals surface area contributed by atoms with Crippen LogP contribution in [0.4, 0.5) is 4.79 Å². The van der Waals surface area contributed by atoms with Gasteiger partial charge in [-0.3, -0.25) is 0 Å². The van der Waals surface area contributed by atoms with Gasteiger partial charge in [-0.1, -0.05) is 12.8 Å². The fourth-order valence-electron chi connectivity index (χ4n) is 2.26. The summed E-state index contributed by atoms with van der Waals surface area (Å²) in [7, 11) is 0. The molecule has 6 nitrogen and oxygen atoms in total. The SMILES string of the molecule is Cc1nc(CNC(=O)N2CCCCCC2)sc1C(=O)O. The highest BCUT2D eigenvalue weighted by atomic mass is 32.1. The molecule has 1 fully saturated rings. The molecule has 0 saturated carbocycles. The van der Waals surface area contributed by atoms with Gasteiger partial charge in [-0.2, -0.15) is 0 Å². The first-order chi connectivity index (χ1) is 9.58. The van der Waals surface area contributed by atoms with Crippen molar-refractivity contribution in [3.05, 3.63) is 15.6 Å². The van der Waals surface area contributed by atoms with Crippen molar-refractivity contribution in [3.63, 3.8) is 0 Å². The van der Waals surface area contributed by atoms with Gasteiger partial charge in [0.2, 0.25) is 0 Å². The first-order valence-electron chi connectivity index (χ1n) is 6.80. The largest absolute Gasteiger partial charge is 0.477 e. The van der Waals surface area contributed by atoms with Gasteiger partial charge in [0.25, 0.3) is 0 Å². The summed E-state index contributed by atoms with van der Waals surface area (Å²) in [5.74, 6) is -0.968. The van der Waals surface area contributed by atoms with Gasteiger partial charge >= 0.3 is 12.0 Å². The van der Waals surface area contributed by atoms with E-state index in [0.717, 1.165) is 37.3 Å². The number of amides is 2. The Hall–Kier alpha value is -1.63. The monoisotopic (exact) mass is 297 g/mol. The maximum atomic E-state index is 12.0. The topological polar surface area (TPSA) is 82.5 Å². The van der Waals surface area contributed by atoms with E-state index in [0.29, 0.717) is 10.7 Å². The lowest BCUT2D eigenvalue weighted by Gasteiger charge is -2.20. The van der Waals surface area contributed by atoms with E-state index in [9.17, 15) is 9.59 Å². The average molecular weight is 297 g/mol. The second kappa shape index (κ2) is 6.69. The first-order valence-corrected chi connectivity index (χ1v) is 7.62. The molecule has 0 aromatic carbocycles. The number of carboxylic acid groups (broad SMARTS) is 1. The molecule has 0 aliphatic carbocycles. The van der Waals surface area contributed by atoms with E-state index < -0.39 is 5.97 Å². The van der Waals surface area contributed by atoms with Crippen LogP contribution < -0.4 is 5.32 Å². The lowest BCUT2D eigenvalue weighted by atomic mass is 10.2. The number of carbonyl (C=O) groups excluding carboxylic acids is 1. The minimum Gasteiger partial charge on any atom is -0.477 e. The number of rotatable bonds is 3. The predicted molar refractivity (Wildman–Crippen MR) is 76.1 cm³/mol. The molecule has 0 radical (unpaired) electrons. The number of carboxylic acids is 1. The highest BCUT2D eigenvalue weighted by molar-refractivity contribution is 7.13. The van der Waals surface area contributed by atoms with Crippen molar-refractivity contribution >= 4 is 23.3 Å². The van der Waals surface area contributed by atoms with E-state index in [1.54, 1.807) is 6.92 Å². The number of aryl methyl sites for hydroxylation is 1. The summed E-state index contributed by atoms with van der Waals surface area (Å²) in [4.78, 5) is 29.2. The molecule has 7 heteroatoms. The molecule has 1 saturated heterocycles. The number of urea groups is 1. The fraction of sp³-hybridized carbons (Fsp3) is 0.615. The Morgan fingerprint density at radius 2 is 1.95 bits per heavy atom. The van der Waals surface area contributed by atoms with Crippen LogP contribution in [0.15, 0.2) is 0 Å². The number of aromatic carboxylic acids is 1. The van der Waals surface area contributed by atoms with Crippen LogP contribution in [-0.2, 0) is 6.54 Å². The van der Waals surface area contributed by atoms with Crippen LogP contribution in [0.1, 0.15) is 46.1 Å². The number of aromatic nitrogens is 1. The summed E-state index contributed by atoms with van der Waals surface area (Å²) >= 11 is 1.12. The summed E-state index contributed by atoms with van der Waals surface area (Å²) in [6, 6.07) is -0.0865. The van der Waals surface area contributed by atoms with Gasteiger partial charge in [0.05, 0.1) is 12.2 Å². The molecule has 1 aromatic rings. The smallest absolute Gasteiger partial charge is 0.347 e. The number of hydrogen-bond donors (Lipinski definition) is 2. The molecule has 2 amide bonds.